The molecule has 0 saturated carbocycles. The van der Waals surface area contributed by atoms with Gasteiger partial charge in [0, 0.05) is 5.56 Å². The van der Waals surface area contributed by atoms with E-state index in [1.165, 1.54) is 6.39 Å². The molecular weight excluding hydrogens is 266 g/mol. The highest BCUT2D eigenvalue weighted by molar-refractivity contribution is 5.97. The van der Waals surface area contributed by atoms with Gasteiger partial charge in [-0.25, -0.2) is 10.8 Å². The first-order valence-electron chi connectivity index (χ1n) is 6.40. The summed E-state index contributed by atoms with van der Waals surface area (Å²) in [6.07, 6.45) is 1.23. The van der Waals surface area contributed by atoms with Gasteiger partial charge in [0.2, 0.25) is 0 Å². The second kappa shape index (κ2) is 5.60. The summed E-state index contributed by atoms with van der Waals surface area (Å²) in [5, 5.41) is 0. The van der Waals surface area contributed by atoms with Gasteiger partial charge in [0.25, 0.3) is 5.91 Å². The second-order valence-corrected chi connectivity index (χ2v) is 4.45. The molecule has 0 aliphatic carbocycles. The number of carbonyl (C=O) groups excluding carboxylic acids is 1. The van der Waals surface area contributed by atoms with Crippen LogP contribution in [0.5, 0.6) is 0 Å². The number of nitrogens with one attached hydrogen (secondary N) is 1. The normalized spacial score (nSPS) is 10.3. The van der Waals surface area contributed by atoms with E-state index >= 15 is 0 Å². The quantitative estimate of drug-likeness (QED) is 0.438. The van der Waals surface area contributed by atoms with Gasteiger partial charge in [0.15, 0.2) is 17.8 Å². The van der Waals surface area contributed by atoms with Crippen molar-refractivity contribution in [1.82, 2.24) is 10.4 Å². The van der Waals surface area contributed by atoms with Gasteiger partial charge in [-0.15, -0.1) is 0 Å². The van der Waals surface area contributed by atoms with Crippen molar-refractivity contribution in [2.24, 2.45) is 5.84 Å². The minimum absolute atomic E-state index is 0.171. The molecule has 1 amide bonds. The Labute approximate surface area is 121 Å². The highest BCUT2D eigenvalue weighted by Crippen LogP contribution is 2.26. The van der Waals surface area contributed by atoms with Gasteiger partial charge in [0.05, 0.1) is 0 Å². The molecule has 2 aromatic carbocycles. The number of aromatic nitrogens is 1. The highest BCUT2D eigenvalue weighted by Gasteiger charge is 2.17. The van der Waals surface area contributed by atoms with E-state index in [1.54, 1.807) is 0 Å². The van der Waals surface area contributed by atoms with Crippen LogP contribution in [0.1, 0.15) is 10.5 Å². The van der Waals surface area contributed by atoms with E-state index < -0.39 is 5.91 Å². The van der Waals surface area contributed by atoms with E-state index in [-0.39, 0.29) is 5.69 Å². The topological polar surface area (TPSA) is 81.1 Å². The summed E-state index contributed by atoms with van der Waals surface area (Å²) in [5.41, 5.74) is 5.21. The van der Waals surface area contributed by atoms with Gasteiger partial charge in [-0.1, -0.05) is 54.6 Å². The van der Waals surface area contributed by atoms with Crippen LogP contribution in [0.2, 0.25) is 0 Å². The predicted molar refractivity (Wildman–Crippen MR) is 79.0 cm³/mol. The molecule has 1 aromatic heterocycles. The summed E-state index contributed by atoms with van der Waals surface area (Å²) < 4.78 is 5.29. The van der Waals surface area contributed by atoms with E-state index in [4.69, 9.17) is 10.3 Å². The maximum atomic E-state index is 11.6. The zero-order valence-electron chi connectivity index (χ0n) is 11.1. The fourth-order valence-electron chi connectivity index (χ4n) is 2.13. The number of amides is 1. The van der Waals surface area contributed by atoms with Crippen LogP contribution in [-0.4, -0.2) is 10.9 Å². The number of nitrogens with two attached hydrogens (primary N) is 1. The maximum Gasteiger partial charge on any atom is 0.287 e. The smallest absolute Gasteiger partial charge is 0.287 e. The third-order valence-corrected chi connectivity index (χ3v) is 3.17. The molecule has 0 radical (unpaired) electrons. The molecule has 0 saturated heterocycles. The van der Waals surface area contributed by atoms with Crippen LogP contribution in [0.4, 0.5) is 0 Å². The van der Waals surface area contributed by atoms with Crippen molar-refractivity contribution < 1.29 is 9.21 Å². The first-order chi connectivity index (χ1) is 10.3. The summed E-state index contributed by atoms with van der Waals surface area (Å²) in [6, 6.07) is 17.7. The second-order valence-electron chi connectivity index (χ2n) is 4.45. The Bertz CT molecular complexity index is 749. The van der Waals surface area contributed by atoms with Gasteiger partial charge in [-0.05, 0) is 11.1 Å². The number of hydrazine groups is 1. The van der Waals surface area contributed by atoms with Crippen molar-refractivity contribution in [2.45, 2.75) is 0 Å². The van der Waals surface area contributed by atoms with Crippen molar-refractivity contribution in [2.75, 3.05) is 0 Å². The Balaban J connectivity index is 1.95. The summed E-state index contributed by atoms with van der Waals surface area (Å²) in [5.74, 6) is 5.05. The molecule has 0 spiro atoms. The van der Waals surface area contributed by atoms with E-state index in [0.717, 1.165) is 16.7 Å². The molecule has 5 nitrogen and oxygen atoms in total. The van der Waals surface area contributed by atoms with E-state index in [1.807, 2.05) is 54.6 Å². The molecule has 0 unspecified atom stereocenters. The zero-order valence-corrected chi connectivity index (χ0v) is 11.1. The van der Waals surface area contributed by atoms with Gasteiger partial charge < -0.3 is 4.42 Å². The summed E-state index contributed by atoms with van der Waals surface area (Å²) in [7, 11) is 0. The monoisotopic (exact) mass is 279 g/mol. The van der Waals surface area contributed by atoms with Crippen LogP contribution in [-0.2, 0) is 0 Å². The van der Waals surface area contributed by atoms with Crippen LogP contribution in [0, 0.1) is 0 Å². The summed E-state index contributed by atoms with van der Waals surface area (Å²) in [6.45, 7) is 0. The molecular formula is C16H13N3O2. The van der Waals surface area contributed by atoms with E-state index in [9.17, 15) is 4.79 Å². The van der Waals surface area contributed by atoms with Crippen molar-refractivity contribution in [3.8, 4) is 22.5 Å². The third kappa shape index (κ3) is 2.54. The van der Waals surface area contributed by atoms with E-state index in [0.29, 0.717) is 5.76 Å². The molecule has 0 fully saturated rings. The predicted octanol–water partition coefficient (Wildman–Crippen LogP) is 2.61. The Hall–Kier alpha value is -2.92. The van der Waals surface area contributed by atoms with Gasteiger partial charge >= 0.3 is 0 Å². The third-order valence-electron chi connectivity index (χ3n) is 3.17. The molecule has 104 valence electrons. The zero-order chi connectivity index (χ0) is 14.7. The van der Waals surface area contributed by atoms with Crippen molar-refractivity contribution in [3.63, 3.8) is 0 Å². The Morgan fingerprint density at radius 3 is 2.24 bits per heavy atom. The molecule has 0 aliphatic rings. The van der Waals surface area contributed by atoms with Crippen molar-refractivity contribution in [3.05, 3.63) is 66.7 Å². The lowest BCUT2D eigenvalue weighted by Gasteiger charge is -2.04. The average molecular weight is 279 g/mol. The number of benzene rings is 2. The Kier molecular flexibility index (Phi) is 3.49. The molecule has 0 atom stereocenters. The number of nitrogens with zero attached hydrogens (tertiary/aromatic N) is 1. The van der Waals surface area contributed by atoms with Crippen LogP contribution < -0.4 is 11.3 Å². The molecule has 5 heteroatoms. The molecule has 1 heterocycles. The lowest BCUT2D eigenvalue weighted by molar-refractivity contribution is 0.0949. The summed E-state index contributed by atoms with van der Waals surface area (Å²) in [4.78, 5) is 15.5. The van der Waals surface area contributed by atoms with Crippen LogP contribution in [0.15, 0.2) is 65.4 Å². The number of carbonyl (C=O) groups is 1. The van der Waals surface area contributed by atoms with Gasteiger partial charge in [0.1, 0.15) is 0 Å². The first kappa shape index (κ1) is 13.1. The van der Waals surface area contributed by atoms with Crippen LogP contribution in [0.3, 0.4) is 0 Å². The lowest BCUT2D eigenvalue weighted by Crippen LogP contribution is -2.30. The molecule has 0 aliphatic heterocycles. The van der Waals surface area contributed by atoms with Crippen molar-refractivity contribution >= 4 is 5.91 Å². The first-order valence-corrected chi connectivity index (χ1v) is 6.40. The number of nitrogen functional groups attached to an aromatic ring is 1. The highest BCUT2D eigenvalue weighted by atomic mass is 16.3. The number of oxazole rings is 1. The SMILES string of the molecule is NNC(=O)c1ncoc1-c1ccc(-c2ccccc2)cc1. The fraction of sp³-hybridized carbons (Fsp3) is 0. The molecule has 3 N–H and O–H groups in total. The summed E-state index contributed by atoms with van der Waals surface area (Å²) >= 11 is 0. The number of hydrogen-bond acceptors (Lipinski definition) is 4. The lowest BCUT2D eigenvalue weighted by atomic mass is 10.0. The van der Waals surface area contributed by atoms with Gasteiger partial charge in [-0.3, -0.25) is 10.2 Å². The maximum absolute atomic E-state index is 11.6. The number of hydrogen-bond donors (Lipinski definition) is 2. The fourth-order valence-corrected chi connectivity index (χ4v) is 2.13. The van der Waals surface area contributed by atoms with Crippen LogP contribution >= 0.6 is 0 Å². The van der Waals surface area contributed by atoms with Gasteiger partial charge in [-0.2, -0.15) is 0 Å². The largest absolute Gasteiger partial charge is 0.443 e. The number of rotatable bonds is 3. The minimum atomic E-state index is -0.481. The Morgan fingerprint density at radius 2 is 1.57 bits per heavy atom. The van der Waals surface area contributed by atoms with E-state index in [2.05, 4.69) is 10.4 Å². The molecule has 21 heavy (non-hydrogen) atoms. The molecule has 0 bridgehead atoms. The Morgan fingerprint density at radius 1 is 0.952 bits per heavy atom. The average Bonchev–Trinajstić information content (AvgIpc) is 3.05. The minimum Gasteiger partial charge on any atom is -0.443 e. The standard InChI is InChI=1S/C16H13N3O2/c17-19-16(20)14-15(21-10-18-14)13-8-6-12(7-9-13)11-4-2-1-3-5-11/h1-10H,17H2,(H,19,20). The van der Waals surface area contributed by atoms with Crippen LogP contribution in [0.25, 0.3) is 22.5 Å². The van der Waals surface area contributed by atoms with Crippen molar-refractivity contribution in [1.29, 1.82) is 0 Å². The molecule has 3 aromatic rings. The molecule has 3 rings (SSSR count).